The van der Waals surface area contributed by atoms with E-state index in [-0.39, 0.29) is 29.5 Å². The van der Waals surface area contributed by atoms with Gasteiger partial charge in [0.1, 0.15) is 17.8 Å². The van der Waals surface area contributed by atoms with E-state index in [0.29, 0.717) is 12.3 Å². The van der Waals surface area contributed by atoms with Crippen molar-refractivity contribution in [1.82, 2.24) is 0 Å². The zero-order valence-electron chi connectivity index (χ0n) is 18.5. The predicted molar refractivity (Wildman–Crippen MR) is 113 cm³/mol. The monoisotopic (exact) mass is 512 g/mol. The van der Waals surface area contributed by atoms with Gasteiger partial charge in [0.2, 0.25) is 11.5 Å². The molecule has 14 heteroatoms. The van der Waals surface area contributed by atoms with Crippen LogP contribution in [-0.2, 0) is 23.9 Å². The summed E-state index contributed by atoms with van der Waals surface area (Å²) in [5, 5.41) is 25.8. The molecule has 2 aromatic carbocycles. The van der Waals surface area contributed by atoms with E-state index in [0.717, 1.165) is 12.1 Å². The van der Waals surface area contributed by atoms with Crippen LogP contribution in [0.15, 0.2) is 60.3 Å². The third-order valence-electron chi connectivity index (χ3n) is 3.61. The summed E-state index contributed by atoms with van der Waals surface area (Å²) in [5.41, 5.74) is 0. The Bertz CT molecular complexity index is 1170. The molecule has 0 aromatic heterocycles. The molecule has 0 fully saturated rings. The summed E-state index contributed by atoms with van der Waals surface area (Å²) in [6.45, 7) is 0.0287. The summed E-state index contributed by atoms with van der Waals surface area (Å²) in [4.78, 5) is 41.7. The lowest BCUT2D eigenvalue weighted by molar-refractivity contribution is -0.137. The Morgan fingerprint density at radius 1 is 0.778 bits per heavy atom. The van der Waals surface area contributed by atoms with Crippen LogP contribution in [-0.4, -0.2) is 53.9 Å². The van der Waals surface area contributed by atoms with Gasteiger partial charge in [0.25, 0.3) is 6.47 Å². The Morgan fingerprint density at radius 2 is 1.22 bits per heavy atom. The van der Waals surface area contributed by atoms with Crippen molar-refractivity contribution in [2.75, 3.05) is 14.2 Å². The molecule has 192 valence electrons. The summed E-state index contributed by atoms with van der Waals surface area (Å²) in [6.07, 6.45) is 0.960. The highest BCUT2D eigenvalue weighted by Crippen LogP contribution is 2.24. The third kappa shape index (κ3) is 9.38. The minimum Gasteiger partial charge on any atom is -0.494 e. The number of hydrogen-bond acceptors (Lipinski definition) is 9. The summed E-state index contributed by atoms with van der Waals surface area (Å²) >= 11 is 0. The number of benzene rings is 2. The number of carbonyl (C=O) groups excluding carboxylic acids is 1. The molecule has 3 N–H and O–H groups in total. The van der Waals surface area contributed by atoms with Gasteiger partial charge in [-0.3, -0.25) is 4.79 Å². The molecule has 12 nitrogen and oxygen atoms in total. The predicted octanol–water partition coefficient (Wildman–Crippen LogP) is 2.58. The van der Waals surface area contributed by atoms with E-state index < -0.39 is 41.1 Å². The van der Waals surface area contributed by atoms with Crippen molar-refractivity contribution in [2.24, 2.45) is 0 Å². The quantitative estimate of drug-likeness (QED) is 0.228. The maximum absolute atomic E-state index is 13.3. The van der Waals surface area contributed by atoms with E-state index in [1.165, 1.54) is 38.5 Å². The van der Waals surface area contributed by atoms with Crippen molar-refractivity contribution < 1.29 is 67.0 Å². The van der Waals surface area contributed by atoms with Crippen LogP contribution in [0.25, 0.3) is 0 Å². The minimum atomic E-state index is -1.58. The minimum absolute atomic E-state index is 0.00709. The molecule has 36 heavy (non-hydrogen) atoms. The number of aliphatic carboxylic acids is 3. The number of carboxylic acids is 3. The molecule has 0 unspecified atom stereocenters. The topological polar surface area (TPSA) is 175 Å². The molecule has 2 aromatic rings. The summed E-state index contributed by atoms with van der Waals surface area (Å²) in [6, 6.07) is 6.88. The summed E-state index contributed by atoms with van der Waals surface area (Å²) in [5.74, 6) is -7.75. The average Bonchev–Trinajstić information content (AvgIpc) is 2.81. The first-order valence-corrected chi connectivity index (χ1v) is 9.25. The van der Waals surface area contributed by atoms with Gasteiger partial charge in [-0.05, 0) is 24.3 Å². The molecule has 0 aliphatic heterocycles. The molecular weight excluding hydrogens is 494 g/mol. The smallest absolute Gasteiger partial charge is 0.375 e. The zero-order valence-corrected chi connectivity index (χ0v) is 18.5. The first kappa shape index (κ1) is 28.9. The molecule has 0 atom stereocenters. The van der Waals surface area contributed by atoms with Crippen LogP contribution in [0.5, 0.6) is 23.0 Å². The van der Waals surface area contributed by atoms with Crippen LogP contribution in [0.3, 0.4) is 0 Å². The number of halogens is 2. The van der Waals surface area contributed by atoms with Crippen LogP contribution >= 0.6 is 0 Å². The second-order valence-electron chi connectivity index (χ2n) is 5.97. The lowest BCUT2D eigenvalue weighted by Gasteiger charge is -2.07. The Kier molecular flexibility index (Phi) is 11.4. The van der Waals surface area contributed by atoms with E-state index in [4.69, 9.17) is 24.8 Å². The van der Waals surface area contributed by atoms with E-state index in [1.807, 2.05) is 0 Å². The molecule has 0 spiro atoms. The van der Waals surface area contributed by atoms with Gasteiger partial charge >= 0.3 is 17.9 Å². The first-order chi connectivity index (χ1) is 17.0. The molecule has 0 bridgehead atoms. The van der Waals surface area contributed by atoms with Crippen LogP contribution in [0, 0.1) is 11.6 Å². The number of ether oxygens (including phenoxy) is 5. The molecule has 0 aliphatic carbocycles. The molecular formula is C22H18F2O12. The fourth-order valence-corrected chi connectivity index (χ4v) is 2.13. The van der Waals surface area contributed by atoms with Gasteiger partial charge in [-0.25, -0.2) is 23.2 Å². The van der Waals surface area contributed by atoms with E-state index in [2.05, 4.69) is 14.2 Å². The number of methoxy groups -OCH3 is 2. The van der Waals surface area contributed by atoms with Crippen LogP contribution in [0.4, 0.5) is 8.78 Å². The average molecular weight is 512 g/mol. The van der Waals surface area contributed by atoms with Crippen molar-refractivity contribution in [3.63, 3.8) is 0 Å². The number of rotatable bonds is 11. The highest BCUT2D eigenvalue weighted by molar-refractivity contribution is 5.93. The molecule has 0 saturated heterocycles. The Morgan fingerprint density at radius 3 is 1.56 bits per heavy atom. The molecule has 0 saturated carbocycles. The van der Waals surface area contributed by atoms with Gasteiger partial charge < -0.3 is 39.0 Å². The number of carbonyl (C=O) groups is 4. The van der Waals surface area contributed by atoms with Crippen molar-refractivity contribution in [1.29, 1.82) is 0 Å². The molecule has 0 heterocycles. The largest absolute Gasteiger partial charge is 0.494 e. The second-order valence-corrected chi connectivity index (χ2v) is 5.97. The van der Waals surface area contributed by atoms with Crippen LogP contribution in [0.1, 0.15) is 0 Å². The Hall–Kier alpha value is -5.14. The number of carboxylic acid groups (broad SMARTS) is 3. The van der Waals surface area contributed by atoms with Crippen molar-refractivity contribution in [3.8, 4) is 23.0 Å². The van der Waals surface area contributed by atoms with Crippen LogP contribution < -0.4 is 18.9 Å². The lowest BCUT2D eigenvalue weighted by atomic mass is 10.3. The van der Waals surface area contributed by atoms with E-state index in [1.54, 1.807) is 0 Å². The standard InChI is InChI=1S/2C11H9FO6/c1-16-9-3-2-7(4-8(9)12)18-10(11(14)15)5-17-6-13;1-17-8-3-2-6(4-7(8)12)18-9(11(15)16)5-10(13)14/h2-6H,1H3,(H,14,15);2-5H,1H3,(H,13,14)(H,15,16)/b10-5-;9-5+. The maximum Gasteiger partial charge on any atom is 0.375 e. The molecule has 2 rings (SSSR count). The highest BCUT2D eigenvalue weighted by Gasteiger charge is 2.14. The SMILES string of the molecule is COc1ccc(O/C(=C/C(=O)O)C(=O)O)cc1F.COc1ccc(O/C(=C\OC=O)C(=O)O)cc1F. The van der Waals surface area contributed by atoms with Crippen molar-refractivity contribution >= 4 is 24.4 Å². The fourth-order valence-electron chi connectivity index (χ4n) is 2.13. The van der Waals surface area contributed by atoms with E-state index >= 15 is 0 Å². The normalized spacial score (nSPS) is 10.8. The van der Waals surface area contributed by atoms with Gasteiger partial charge in [-0.15, -0.1) is 0 Å². The van der Waals surface area contributed by atoms with E-state index in [9.17, 15) is 28.0 Å². The fraction of sp³-hybridized carbons (Fsp3) is 0.0909. The lowest BCUT2D eigenvalue weighted by Crippen LogP contribution is -2.10. The van der Waals surface area contributed by atoms with Crippen molar-refractivity contribution in [3.05, 3.63) is 71.9 Å². The first-order valence-electron chi connectivity index (χ1n) is 9.25. The van der Waals surface area contributed by atoms with Crippen molar-refractivity contribution in [2.45, 2.75) is 0 Å². The Labute approximate surface area is 201 Å². The molecule has 0 amide bonds. The van der Waals surface area contributed by atoms with Gasteiger partial charge in [0.05, 0.1) is 20.3 Å². The highest BCUT2D eigenvalue weighted by atomic mass is 19.1. The third-order valence-corrected chi connectivity index (χ3v) is 3.61. The van der Waals surface area contributed by atoms with Gasteiger partial charge in [0, 0.05) is 12.1 Å². The zero-order chi connectivity index (χ0) is 27.3. The summed E-state index contributed by atoms with van der Waals surface area (Å²) in [7, 11) is 2.56. The molecule has 0 radical (unpaired) electrons. The maximum atomic E-state index is 13.3. The number of hydrogen-bond donors (Lipinski definition) is 3. The Balaban J connectivity index is 0.000000360. The second kappa shape index (κ2) is 14.2. The van der Waals surface area contributed by atoms with Gasteiger partial charge in [0.15, 0.2) is 23.1 Å². The molecule has 0 aliphatic rings. The van der Waals surface area contributed by atoms with Gasteiger partial charge in [-0.2, -0.15) is 0 Å². The van der Waals surface area contributed by atoms with Gasteiger partial charge in [-0.1, -0.05) is 0 Å². The van der Waals surface area contributed by atoms with Crippen LogP contribution in [0.2, 0.25) is 0 Å². The summed E-state index contributed by atoms with van der Waals surface area (Å²) < 4.78 is 49.6.